The molecule has 2 aromatic carbocycles. The van der Waals surface area contributed by atoms with Gasteiger partial charge in [-0.15, -0.1) is 0 Å². The number of amides is 1. The van der Waals surface area contributed by atoms with Gasteiger partial charge in [-0.3, -0.25) is 9.69 Å². The number of hydrogen-bond donors (Lipinski definition) is 2. The van der Waals surface area contributed by atoms with Gasteiger partial charge in [0.2, 0.25) is 5.91 Å². The van der Waals surface area contributed by atoms with E-state index in [-0.39, 0.29) is 11.9 Å². The Bertz CT molecular complexity index is 871. The molecule has 0 fully saturated rings. The highest BCUT2D eigenvalue weighted by Gasteiger charge is 2.52. The van der Waals surface area contributed by atoms with Crippen molar-refractivity contribution in [1.29, 1.82) is 0 Å². The van der Waals surface area contributed by atoms with E-state index in [0.29, 0.717) is 35.5 Å². The van der Waals surface area contributed by atoms with E-state index in [4.69, 9.17) is 28.9 Å². The van der Waals surface area contributed by atoms with Gasteiger partial charge in [0, 0.05) is 46.8 Å². The summed E-state index contributed by atoms with van der Waals surface area (Å²) in [5.74, 6) is 0.303. The highest BCUT2D eigenvalue weighted by molar-refractivity contribution is 6.31. The summed E-state index contributed by atoms with van der Waals surface area (Å²) >= 11 is 12.4. The molecule has 3 N–H and O–H groups in total. The number of fused-ring (bicyclic) bond motifs is 1. The van der Waals surface area contributed by atoms with Gasteiger partial charge in [-0.05, 0) is 42.7 Å². The van der Waals surface area contributed by atoms with E-state index in [1.165, 1.54) is 0 Å². The van der Waals surface area contributed by atoms with Gasteiger partial charge in [-0.1, -0.05) is 55.2 Å². The predicted molar refractivity (Wildman–Crippen MR) is 117 cm³/mol. The minimum atomic E-state index is -0.867. The third-order valence-electron chi connectivity index (χ3n) is 5.72. The first-order valence-corrected chi connectivity index (χ1v) is 10.4. The van der Waals surface area contributed by atoms with E-state index in [1.54, 1.807) is 0 Å². The molecule has 0 saturated carbocycles. The third kappa shape index (κ3) is 3.79. The lowest BCUT2D eigenvalue weighted by molar-refractivity contribution is -0.130. The lowest BCUT2D eigenvalue weighted by Gasteiger charge is -2.45. The fourth-order valence-electron chi connectivity index (χ4n) is 4.07. The molecule has 0 spiro atoms. The van der Waals surface area contributed by atoms with E-state index in [0.717, 1.165) is 16.8 Å². The van der Waals surface area contributed by atoms with Crippen LogP contribution in [0.1, 0.15) is 31.9 Å². The topological polar surface area (TPSA) is 58.4 Å². The highest BCUT2D eigenvalue weighted by Crippen LogP contribution is 2.45. The van der Waals surface area contributed by atoms with Crippen molar-refractivity contribution in [1.82, 2.24) is 4.90 Å². The molecule has 6 heteroatoms. The number of rotatable bonds is 7. The number of nitrogens with one attached hydrogen (secondary N) is 1. The monoisotopic (exact) mass is 419 g/mol. The van der Waals surface area contributed by atoms with E-state index >= 15 is 0 Å². The summed E-state index contributed by atoms with van der Waals surface area (Å²) in [4.78, 5) is 15.8. The molecule has 0 aromatic heterocycles. The number of carbonyl (C=O) groups excluding carboxylic acids is 1. The quantitative estimate of drug-likeness (QED) is 0.684. The number of hydrogen-bond acceptors (Lipinski definition) is 3. The molecule has 1 heterocycles. The minimum Gasteiger partial charge on any atom is -0.329 e. The number of benzene rings is 2. The zero-order valence-electron chi connectivity index (χ0n) is 16.5. The summed E-state index contributed by atoms with van der Waals surface area (Å²) in [5.41, 5.74) is 7.82. The van der Waals surface area contributed by atoms with Gasteiger partial charge >= 0.3 is 0 Å². The van der Waals surface area contributed by atoms with Crippen LogP contribution in [0.4, 0.5) is 5.69 Å². The first-order valence-electron chi connectivity index (χ1n) is 9.62. The Morgan fingerprint density at radius 1 is 1.11 bits per heavy atom. The van der Waals surface area contributed by atoms with E-state index in [1.807, 2.05) is 42.5 Å². The normalized spacial score (nSPS) is 19.8. The average molecular weight is 420 g/mol. The molecule has 28 heavy (non-hydrogen) atoms. The maximum absolute atomic E-state index is 13.5. The van der Waals surface area contributed by atoms with Gasteiger partial charge in [0.15, 0.2) is 0 Å². The average Bonchev–Trinajstić information content (AvgIpc) is 2.90. The van der Waals surface area contributed by atoms with Crippen LogP contribution in [0.15, 0.2) is 42.5 Å². The van der Waals surface area contributed by atoms with Gasteiger partial charge in [-0.25, -0.2) is 0 Å². The molecule has 1 amide bonds. The number of halogens is 2. The molecule has 150 valence electrons. The van der Waals surface area contributed by atoms with E-state index in [9.17, 15) is 4.79 Å². The summed E-state index contributed by atoms with van der Waals surface area (Å²) in [7, 11) is 0. The maximum atomic E-state index is 13.5. The van der Waals surface area contributed by atoms with Crippen LogP contribution in [0.25, 0.3) is 0 Å². The summed E-state index contributed by atoms with van der Waals surface area (Å²) in [6.07, 6.45) is 0.505. The van der Waals surface area contributed by atoms with Crippen molar-refractivity contribution < 1.29 is 4.79 Å². The molecule has 0 saturated heterocycles. The van der Waals surface area contributed by atoms with Crippen molar-refractivity contribution in [3.05, 3.63) is 63.6 Å². The van der Waals surface area contributed by atoms with Crippen LogP contribution in [0.2, 0.25) is 10.0 Å². The van der Waals surface area contributed by atoms with Crippen LogP contribution in [-0.2, 0) is 16.8 Å². The van der Waals surface area contributed by atoms with Gasteiger partial charge in [-0.2, -0.15) is 0 Å². The largest absolute Gasteiger partial charge is 0.329 e. The van der Waals surface area contributed by atoms with Crippen molar-refractivity contribution in [2.45, 2.75) is 38.8 Å². The summed E-state index contributed by atoms with van der Waals surface area (Å²) < 4.78 is 0. The van der Waals surface area contributed by atoms with Crippen LogP contribution in [-0.4, -0.2) is 29.9 Å². The van der Waals surface area contributed by atoms with Crippen molar-refractivity contribution in [2.24, 2.45) is 11.7 Å². The molecule has 0 radical (unpaired) electrons. The van der Waals surface area contributed by atoms with Crippen LogP contribution in [0, 0.1) is 5.92 Å². The Labute approximate surface area is 177 Å². The second kappa shape index (κ2) is 8.42. The number of nitrogens with two attached hydrogens (primary N) is 1. The fraction of sp³-hybridized carbons (Fsp3) is 0.409. The Kier molecular flexibility index (Phi) is 6.35. The minimum absolute atomic E-state index is 0.0503. The molecular weight excluding hydrogens is 393 g/mol. The number of nitrogens with zero attached hydrogens (tertiary/aromatic N) is 1. The SMILES string of the molecule is CC(C)C(C)N(CCN)C1(Cc2cccc(Cl)c2)C(=O)Nc2cc(Cl)ccc21. The molecule has 4 nitrogen and oxygen atoms in total. The molecule has 0 bridgehead atoms. The van der Waals surface area contributed by atoms with Crippen molar-refractivity contribution in [3.8, 4) is 0 Å². The smallest absolute Gasteiger partial charge is 0.249 e. The van der Waals surface area contributed by atoms with Gasteiger partial charge in [0.05, 0.1) is 0 Å². The van der Waals surface area contributed by atoms with Crippen LogP contribution < -0.4 is 11.1 Å². The van der Waals surface area contributed by atoms with Crippen molar-refractivity contribution in [3.63, 3.8) is 0 Å². The maximum Gasteiger partial charge on any atom is 0.249 e. The number of carbonyl (C=O) groups is 1. The Morgan fingerprint density at radius 3 is 2.46 bits per heavy atom. The van der Waals surface area contributed by atoms with Gasteiger partial charge in [0.1, 0.15) is 5.54 Å². The van der Waals surface area contributed by atoms with Gasteiger partial charge in [0.25, 0.3) is 0 Å². The van der Waals surface area contributed by atoms with Crippen LogP contribution >= 0.6 is 23.2 Å². The molecule has 2 aromatic rings. The Morgan fingerprint density at radius 2 is 1.82 bits per heavy atom. The molecule has 2 atom stereocenters. The molecule has 1 aliphatic rings. The second-order valence-electron chi connectivity index (χ2n) is 7.78. The first-order chi connectivity index (χ1) is 13.3. The molecule has 2 unspecified atom stereocenters. The second-order valence-corrected chi connectivity index (χ2v) is 8.65. The van der Waals surface area contributed by atoms with E-state index in [2.05, 4.69) is 31.0 Å². The highest BCUT2D eigenvalue weighted by atomic mass is 35.5. The van der Waals surface area contributed by atoms with Crippen LogP contribution in [0.3, 0.4) is 0 Å². The fourth-order valence-corrected chi connectivity index (χ4v) is 4.46. The summed E-state index contributed by atoms with van der Waals surface area (Å²) in [5, 5.41) is 4.31. The third-order valence-corrected chi connectivity index (χ3v) is 6.19. The number of anilines is 1. The zero-order valence-corrected chi connectivity index (χ0v) is 18.0. The van der Waals surface area contributed by atoms with E-state index < -0.39 is 5.54 Å². The van der Waals surface area contributed by atoms with Crippen molar-refractivity contribution >= 4 is 34.8 Å². The predicted octanol–water partition coefficient (Wildman–Crippen LogP) is 4.69. The lowest BCUT2D eigenvalue weighted by Crippen LogP contribution is -2.58. The van der Waals surface area contributed by atoms with Crippen molar-refractivity contribution in [2.75, 3.05) is 18.4 Å². The first kappa shape index (κ1) is 21.1. The summed E-state index contributed by atoms with van der Waals surface area (Å²) in [6, 6.07) is 13.4. The molecule has 1 aliphatic heterocycles. The summed E-state index contributed by atoms with van der Waals surface area (Å²) in [6.45, 7) is 7.55. The molecule has 3 rings (SSSR count). The molecule has 0 aliphatic carbocycles. The lowest BCUT2D eigenvalue weighted by atomic mass is 9.81. The molecular formula is C22H27Cl2N3O. The standard InChI is InChI=1S/C22H27Cl2N3O/c1-14(2)15(3)27(10-9-25)22(13-16-5-4-6-17(23)11-16)19-8-7-18(24)12-20(19)26-21(22)28/h4-8,11-12,14-15H,9-10,13,25H2,1-3H3,(H,26,28). The zero-order chi connectivity index (χ0) is 20.5. The Balaban J connectivity index is 2.20. The Hall–Kier alpha value is -1.59. The van der Waals surface area contributed by atoms with Crippen LogP contribution in [0.5, 0.6) is 0 Å². The van der Waals surface area contributed by atoms with Gasteiger partial charge < -0.3 is 11.1 Å².